The largest absolute Gasteiger partial charge is 0.350 e. The molecule has 16 heavy (non-hydrogen) atoms. The number of carbonyl (C=O) groups is 1. The van der Waals surface area contributed by atoms with Gasteiger partial charge in [-0.05, 0) is 24.4 Å². The molecule has 0 fully saturated rings. The molecule has 0 saturated heterocycles. The number of benzene rings is 1. The van der Waals surface area contributed by atoms with Gasteiger partial charge in [0.2, 0.25) is 0 Å². The first-order valence-electron chi connectivity index (χ1n) is 4.75. The Kier molecular flexibility index (Phi) is 2.87. The number of hydrazone groups is 1. The summed E-state index contributed by atoms with van der Waals surface area (Å²) in [4.78, 5) is 11.5. The highest BCUT2D eigenvalue weighted by molar-refractivity contribution is 7.20. The van der Waals surface area contributed by atoms with E-state index in [2.05, 4.69) is 16.6 Å². The maximum absolute atomic E-state index is 10.5. The Morgan fingerprint density at radius 2 is 2.19 bits per heavy atom. The van der Waals surface area contributed by atoms with E-state index in [0.717, 1.165) is 10.6 Å². The zero-order chi connectivity index (χ0) is 11.5. The molecule has 0 aliphatic rings. The Bertz CT molecular complexity index is 526. The van der Waals surface area contributed by atoms with Crippen molar-refractivity contribution in [3.63, 3.8) is 0 Å². The Labute approximate surface area is 96.8 Å². The minimum absolute atomic E-state index is 0.652. The minimum atomic E-state index is -0.652. The third-order valence-electron chi connectivity index (χ3n) is 2.12. The fourth-order valence-electron chi connectivity index (χ4n) is 1.35. The van der Waals surface area contributed by atoms with Crippen LogP contribution in [0.25, 0.3) is 10.1 Å². The molecule has 3 N–H and O–H groups in total. The first-order chi connectivity index (χ1) is 7.66. The second kappa shape index (κ2) is 4.32. The van der Waals surface area contributed by atoms with Gasteiger partial charge in [-0.1, -0.05) is 18.2 Å². The first kappa shape index (κ1) is 10.6. The quantitative estimate of drug-likeness (QED) is 0.606. The molecule has 0 bridgehead atoms. The third kappa shape index (κ3) is 2.20. The van der Waals surface area contributed by atoms with Crippen LogP contribution in [-0.2, 0) is 0 Å². The molecule has 0 spiro atoms. The summed E-state index contributed by atoms with van der Waals surface area (Å²) in [6, 6.07) is 9.48. The molecule has 2 rings (SSSR count). The summed E-state index contributed by atoms with van der Waals surface area (Å²) in [5.74, 6) is 0. The van der Waals surface area contributed by atoms with Crippen LogP contribution in [0, 0.1) is 0 Å². The van der Waals surface area contributed by atoms with Gasteiger partial charge in [0.05, 0.1) is 10.6 Å². The van der Waals surface area contributed by atoms with Gasteiger partial charge in [-0.15, -0.1) is 11.3 Å². The monoisotopic (exact) mass is 233 g/mol. The highest BCUT2D eigenvalue weighted by atomic mass is 32.1. The highest BCUT2D eigenvalue weighted by Gasteiger charge is 2.04. The molecule has 2 amide bonds. The molecule has 0 radical (unpaired) electrons. The summed E-state index contributed by atoms with van der Waals surface area (Å²) < 4.78 is 1.20. The minimum Gasteiger partial charge on any atom is -0.350 e. The summed E-state index contributed by atoms with van der Waals surface area (Å²) in [5.41, 5.74) is 7.91. The lowest BCUT2D eigenvalue weighted by Gasteiger charge is -1.95. The molecular formula is C11H11N3OS. The van der Waals surface area contributed by atoms with E-state index in [4.69, 9.17) is 5.73 Å². The molecule has 82 valence electrons. The molecule has 0 aliphatic carbocycles. The number of thiophene rings is 1. The van der Waals surface area contributed by atoms with Crippen molar-refractivity contribution >= 4 is 33.2 Å². The van der Waals surface area contributed by atoms with Crippen molar-refractivity contribution in [2.75, 3.05) is 0 Å². The number of nitrogens with one attached hydrogen (secondary N) is 1. The van der Waals surface area contributed by atoms with Crippen LogP contribution in [0.3, 0.4) is 0 Å². The summed E-state index contributed by atoms with van der Waals surface area (Å²) in [5, 5.41) is 5.07. The molecule has 0 saturated carbocycles. The van der Waals surface area contributed by atoms with Crippen LogP contribution in [0.1, 0.15) is 11.8 Å². The lowest BCUT2D eigenvalue weighted by atomic mass is 10.2. The predicted octanol–water partition coefficient (Wildman–Crippen LogP) is 2.29. The van der Waals surface area contributed by atoms with E-state index in [0.29, 0.717) is 0 Å². The van der Waals surface area contributed by atoms with E-state index in [9.17, 15) is 4.79 Å². The van der Waals surface area contributed by atoms with Gasteiger partial charge in [0, 0.05) is 4.70 Å². The van der Waals surface area contributed by atoms with E-state index in [1.54, 1.807) is 11.3 Å². The molecule has 1 heterocycles. The van der Waals surface area contributed by atoms with Crippen LogP contribution in [0.5, 0.6) is 0 Å². The zero-order valence-electron chi connectivity index (χ0n) is 8.73. The molecule has 4 nitrogen and oxygen atoms in total. The second-order valence-electron chi connectivity index (χ2n) is 3.32. The molecule has 1 aromatic carbocycles. The van der Waals surface area contributed by atoms with Crippen LogP contribution >= 0.6 is 11.3 Å². The van der Waals surface area contributed by atoms with Gasteiger partial charge >= 0.3 is 6.03 Å². The average molecular weight is 233 g/mol. The maximum Gasteiger partial charge on any atom is 0.332 e. The standard InChI is InChI=1S/C11H11N3OS/c1-7(13-14-11(12)15)10-6-8-4-2-3-5-9(8)16-10/h2-6H,1H3,(H3,12,14,15)/b13-7-. The van der Waals surface area contributed by atoms with Crippen molar-refractivity contribution in [2.45, 2.75) is 6.92 Å². The van der Waals surface area contributed by atoms with Crippen molar-refractivity contribution in [3.8, 4) is 0 Å². The van der Waals surface area contributed by atoms with Crippen molar-refractivity contribution in [2.24, 2.45) is 10.8 Å². The Morgan fingerprint density at radius 1 is 1.44 bits per heavy atom. The second-order valence-corrected chi connectivity index (χ2v) is 4.41. The fraction of sp³-hybridized carbons (Fsp3) is 0.0909. The van der Waals surface area contributed by atoms with E-state index < -0.39 is 6.03 Å². The SMILES string of the molecule is C/C(=N/NC(N)=O)c1cc2ccccc2s1. The molecular weight excluding hydrogens is 222 g/mol. The Balaban J connectivity index is 2.33. The predicted molar refractivity (Wildman–Crippen MR) is 66.8 cm³/mol. The lowest BCUT2D eigenvalue weighted by Crippen LogP contribution is -2.25. The van der Waals surface area contributed by atoms with Gasteiger partial charge < -0.3 is 5.73 Å². The van der Waals surface area contributed by atoms with E-state index >= 15 is 0 Å². The number of carbonyl (C=O) groups excluding carboxylic acids is 1. The van der Waals surface area contributed by atoms with Crippen LogP contribution < -0.4 is 11.2 Å². The summed E-state index contributed by atoms with van der Waals surface area (Å²) in [6.45, 7) is 1.83. The van der Waals surface area contributed by atoms with Gasteiger partial charge in [-0.3, -0.25) is 0 Å². The number of nitrogens with zero attached hydrogens (tertiary/aromatic N) is 1. The molecule has 0 atom stereocenters. The van der Waals surface area contributed by atoms with E-state index in [1.807, 2.05) is 31.2 Å². The number of fused-ring (bicyclic) bond motifs is 1. The van der Waals surface area contributed by atoms with Crippen molar-refractivity contribution in [3.05, 3.63) is 35.2 Å². The van der Waals surface area contributed by atoms with Crippen molar-refractivity contribution < 1.29 is 4.79 Å². The van der Waals surface area contributed by atoms with Crippen molar-refractivity contribution in [1.29, 1.82) is 0 Å². The smallest absolute Gasteiger partial charge is 0.332 e. The molecule has 0 unspecified atom stereocenters. The van der Waals surface area contributed by atoms with Gasteiger partial charge in [0.25, 0.3) is 0 Å². The average Bonchev–Trinajstić information content (AvgIpc) is 2.69. The summed E-state index contributed by atoms with van der Waals surface area (Å²) in [7, 11) is 0. The van der Waals surface area contributed by atoms with E-state index in [-0.39, 0.29) is 0 Å². The van der Waals surface area contributed by atoms with E-state index in [1.165, 1.54) is 10.1 Å². The number of urea groups is 1. The lowest BCUT2D eigenvalue weighted by molar-refractivity contribution is 0.249. The number of hydrogen-bond acceptors (Lipinski definition) is 3. The topological polar surface area (TPSA) is 67.5 Å². The third-order valence-corrected chi connectivity index (χ3v) is 3.34. The number of hydrogen-bond donors (Lipinski definition) is 2. The van der Waals surface area contributed by atoms with Gasteiger partial charge in [-0.2, -0.15) is 5.10 Å². The van der Waals surface area contributed by atoms with Crippen LogP contribution in [0.15, 0.2) is 35.4 Å². The Hall–Kier alpha value is -1.88. The molecule has 5 heteroatoms. The van der Waals surface area contributed by atoms with Crippen LogP contribution in [0.2, 0.25) is 0 Å². The molecule has 2 aromatic rings. The normalized spacial score (nSPS) is 11.7. The van der Waals surface area contributed by atoms with Crippen LogP contribution in [0.4, 0.5) is 4.79 Å². The number of primary amides is 1. The van der Waals surface area contributed by atoms with Crippen molar-refractivity contribution in [1.82, 2.24) is 5.43 Å². The van der Waals surface area contributed by atoms with Crippen LogP contribution in [-0.4, -0.2) is 11.7 Å². The van der Waals surface area contributed by atoms with Gasteiger partial charge in [-0.25, -0.2) is 10.2 Å². The number of rotatable bonds is 2. The maximum atomic E-state index is 10.5. The first-order valence-corrected chi connectivity index (χ1v) is 5.57. The molecule has 1 aromatic heterocycles. The number of nitrogens with two attached hydrogens (primary N) is 1. The fourth-order valence-corrected chi connectivity index (χ4v) is 2.36. The molecule has 0 aliphatic heterocycles. The zero-order valence-corrected chi connectivity index (χ0v) is 9.54. The van der Waals surface area contributed by atoms with Gasteiger partial charge in [0.15, 0.2) is 0 Å². The summed E-state index contributed by atoms with van der Waals surface area (Å²) in [6.07, 6.45) is 0. The Morgan fingerprint density at radius 3 is 2.88 bits per heavy atom. The number of amides is 2. The van der Waals surface area contributed by atoms with Gasteiger partial charge in [0.1, 0.15) is 0 Å². The summed E-state index contributed by atoms with van der Waals surface area (Å²) >= 11 is 1.63. The highest BCUT2D eigenvalue weighted by Crippen LogP contribution is 2.25.